The van der Waals surface area contributed by atoms with E-state index >= 15 is 0 Å². The lowest BCUT2D eigenvalue weighted by atomic mass is 9.80. The van der Waals surface area contributed by atoms with E-state index in [-0.39, 0.29) is 0 Å². The Balaban J connectivity index is 1.59. The average Bonchev–Trinajstić information content (AvgIpc) is 3.08. The van der Waals surface area contributed by atoms with Crippen LogP contribution in [0.2, 0.25) is 0 Å². The van der Waals surface area contributed by atoms with Gasteiger partial charge in [-0.15, -0.1) is 0 Å². The van der Waals surface area contributed by atoms with Crippen molar-refractivity contribution in [2.45, 2.75) is 0 Å². The summed E-state index contributed by atoms with van der Waals surface area (Å²) in [6.45, 7) is 0. The minimum absolute atomic E-state index is 0.426. The summed E-state index contributed by atoms with van der Waals surface area (Å²) in [5.41, 5.74) is 0. The van der Waals surface area contributed by atoms with Gasteiger partial charge < -0.3 is 0 Å². The molecule has 0 aliphatic heterocycles. The average molecular weight is 234 g/mol. The van der Waals surface area contributed by atoms with Crippen molar-refractivity contribution in [1.29, 1.82) is 10.5 Å². The van der Waals surface area contributed by atoms with Gasteiger partial charge in [0.05, 0.1) is 24.0 Å². The molecule has 88 valence electrons. The molecule has 0 amide bonds. The number of hydrogen-bond acceptors (Lipinski definition) is 2. The van der Waals surface area contributed by atoms with Crippen LogP contribution >= 0.6 is 0 Å². The third kappa shape index (κ3) is 0.425. The molecule has 0 spiro atoms. The minimum atomic E-state index is 0.426. The van der Waals surface area contributed by atoms with Crippen LogP contribution in [0.1, 0.15) is 0 Å². The molecule has 8 aliphatic carbocycles. The van der Waals surface area contributed by atoms with Crippen LogP contribution in [0.4, 0.5) is 0 Å². The molecule has 0 aromatic heterocycles. The predicted octanol–water partition coefficient (Wildman–Crippen LogP) is 1.76. The monoisotopic (exact) mass is 234 g/mol. The van der Waals surface area contributed by atoms with Gasteiger partial charge in [0.15, 0.2) is 0 Å². The second-order valence-electron chi connectivity index (χ2n) is 8.24. The molecule has 4 bridgehead atoms. The first kappa shape index (κ1) is 8.21. The lowest BCUT2D eigenvalue weighted by Crippen LogP contribution is -2.21. The van der Waals surface area contributed by atoms with E-state index in [1.165, 1.54) is 0 Å². The van der Waals surface area contributed by atoms with Crippen molar-refractivity contribution in [3.8, 4) is 12.1 Å². The second-order valence-corrected chi connectivity index (χ2v) is 8.24. The highest BCUT2D eigenvalue weighted by atomic mass is 15.0. The molecule has 8 rings (SSSR count). The summed E-state index contributed by atoms with van der Waals surface area (Å²) < 4.78 is 0. The highest BCUT2D eigenvalue weighted by molar-refractivity contribution is 5.41. The molecular formula is C16H14N2. The molecule has 18 heavy (non-hydrogen) atoms. The number of rotatable bonds is 0. The molecule has 0 aromatic carbocycles. The maximum absolute atomic E-state index is 9.55. The van der Waals surface area contributed by atoms with Gasteiger partial charge in [0.25, 0.3) is 0 Å². The highest BCUT2D eigenvalue weighted by Crippen LogP contribution is 2.94. The first-order chi connectivity index (χ1) is 8.90. The molecule has 0 heterocycles. The quantitative estimate of drug-likeness (QED) is 0.641. The number of nitriles is 2. The first-order valence-corrected chi connectivity index (χ1v) is 7.69. The van der Waals surface area contributed by atoms with Gasteiger partial charge in [-0.2, -0.15) is 10.5 Å². The van der Waals surface area contributed by atoms with Crippen molar-refractivity contribution in [2.75, 3.05) is 0 Å². The van der Waals surface area contributed by atoms with Crippen LogP contribution in [0.5, 0.6) is 0 Å². The van der Waals surface area contributed by atoms with Gasteiger partial charge in [0, 0.05) is 0 Å². The fourth-order valence-electron chi connectivity index (χ4n) is 9.96. The third-order valence-corrected chi connectivity index (χ3v) is 9.07. The molecule has 8 aliphatic rings. The lowest BCUT2D eigenvalue weighted by molar-refractivity contribution is 0.220. The molecule has 8 saturated carbocycles. The van der Waals surface area contributed by atoms with Crippen LogP contribution in [0.15, 0.2) is 0 Å². The van der Waals surface area contributed by atoms with Crippen molar-refractivity contribution < 1.29 is 0 Å². The zero-order valence-electron chi connectivity index (χ0n) is 9.98. The molecule has 0 aromatic rings. The Morgan fingerprint density at radius 3 is 0.778 bits per heavy atom. The van der Waals surface area contributed by atoms with Crippen LogP contribution in [0.3, 0.4) is 0 Å². The smallest absolute Gasteiger partial charge is 0.0662 e. The van der Waals surface area contributed by atoms with Gasteiger partial charge >= 0.3 is 0 Å². The van der Waals surface area contributed by atoms with Crippen LogP contribution in [-0.4, -0.2) is 0 Å². The normalized spacial score (nSPS) is 84.6. The summed E-state index contributed by atoms with van der Waals surface area (Å²) >= 11 is 0. The molecule has 2 nitrogen and oxygen atoms in total. The van der Waals surface area contributed by atoms with Crippen molar-refractivity contribution >= 4 is 0 Å². The van der Waals surface area contributed by atoms with E-state index in [2.05, 4.69) is 12.1 Å². The zero-order valence-corrected chi connectivity index (χ0v) is 9.98. The summed E-state index contributed by atoms with van der Waals surface area (Å²) in [5, 5.41) is 19.1. The van der Waals surface area contributed by atoms with E-state index < -0.39 is 0 Å². The summed E-state index contributed by atoms with van der Waals surface area (Å²) in [7, 11) is 0. The maximum Gasteiger partial charge on any atom is 0.0662 e. The largest absolute Gasteiger partial charge is 0.198 e. The zero-order chi connectivity index (χ0) is 11.5. The summed E-state index contributed by atoms with van der Waals surface area (Å²) in [6, 6.07) is 5.40. The summed E-state index contributed by atoms with van der Waals surface area (Å²) in [4.78, 5) is 0. The molecule has 0 saturated heterocycles. The van der Waals surface area contributed by atoms with E-state index in [1.54, 1.807) is 0 Å². The van der Waals surface area contributed by atoms with Gasteiger partial charge in [-0.05, 0) is 71.0 Å². The number of hydrogen-bond donors (Lipinski definition) is 0. The van der Waals surface area contributed by atoms with Crippen LogP contribution in [0.25, 0.3) is 0 Å². The van der Waals surface area contributed by atoms with E-state index in [9.17, 15) is 10.5 Å². The second kappa shape index (κ2) is 1.94. The van der Waals surface area contributed by atoms with E-state index in [0.717, 1.165) is 71.0 Å². The Kier molecular flexibility index (Phi) is 0.885. The molecule has 0 atom stereocenters. The van der Waals surface area contributed by atoms with Gasteiger partial charge in [-0.1, -0.05) is 0 Å². The SMILES string of the molecule is N#CC1C2C3C4C1C1C2C2C5C(C#N)C(C32)C4C51. The molecule has 0 radical (unpaired) electrons. The highest BCUT2D eigenvalue weighted by Gasteiger charge is 2.92. The van der Waals surface area contributed by atoms with Gasteiger partial charge in [0.1, 0.15) is 0 Å². The summed E-state index contributed by atoms with van der Waals surface area (Å²) in [6.07, 6.45) is 0. The molecule has 8 fully saturated rings. The van der Waals surface area contributed by atoms with Crippen LogP contribution in [0, 0.1) is 106 Å². The standard InChI is InChI=1S/C16H14N2/c17-1-3-5-9-11-6(3)12-10(5)14-8-4(2-18)7(13(9)14)15(11)16(8)12/h3-16H. The third-order valence-electron chi connectivity index (χ3n) is 9.07. The summed E-state index contributed by atoms with van der Waals surface area (Å²) in [5.74, 6) is 11.2. The van der Waals surface area contributed by atoms with Crippen LogP contribution in [-0.2, 0) is 0 Å². The van der Waals surface area contributed by atoms with Crippen molar-refractivity contribution in [3.63, 3.8) is 0 Å². The molecular weight excluding hydrogens is 220 g/mol. The Morgan fingerprint density at radius 2 is 0.611 bits per heavy atom. The Bertz CT molecular complexity index is 470. The fraction of sp³-hybridized carbons (Fsp3) is 0.875. The van der Waals surface area contributed by atoms with Crippen molar-refractivity contribution in [3.05, 3.63) is 0 Å². The van der Waals surface area contributed by atoms with Gasteiger partial charge in [0.2, 0.25) is 0 Å². The Morgan fingerprint density at radius 1 is 0.389 bits per heavy atom. The van der Waals surface area contributed by atoms with Crippen molar-refractivity contribution in [1.82, 2.24) is 0 Å². The van der Waals surface area contributed by atoms with Gasteiger partial charge in [-0.3, -0.25) is 0 Å². The molecule has 2 heteroatoms. The molecule has 0 N–H and O–H groups in total. The van der Waals surface area contributed by atoms with E-state index in [1.807, 2.05) is 0 Å². The van der Waals surface area contributed by atoms with Crippen LogP contribution < -0.4 is 0 Å². The van der Waals surface area contributed by atoms with Crippen molar-refractivity contribution in [2.24, 2.45) is 82.9 Å². The van der Waals surface area contributed by atoms with E-state index in [4.69, 9.17) is 0 Å². The fourth-order valence-corrected chi connectivity index (χ4v) is 9.96. The minimum Gasteiger partial charge on any atom is -0.198 e. The first-order valence-electron chi connectivity index (χ1n) is 7.69. The molecule has 0 unspecified atom stereocenters. The maximum atomic E-state index is 9.55. The van der Waals surface area contributed by atoms with Gasteiger partial charge in [-0.25, -0.2) is 0 Å². The Hall–Kier alpha value is -1.02. The van der Waals surface area contributed by atoms with E-state index in [0.29, 0.717) is 11.8 Å². The number of nitrogens with zero attached hydrogens (tertiary/aromatic N) is 2. The lowest BCUT2D eigenvalue weighted by Gasteiger charge is -2.24. The topological polar surface area (TPSA) is 47.6 Å². The Labute approximate surface area is 106 Å². The predicted molar refractivity (Wildman–Crippen MR) is 60.1 cm³/mol.